The molecule has 8 heteroatoms. The van der Waals surface area contributed by atoms with Crippen LogP contribution in [0.3, 0.4) is 0 Å². The summed E-state index contributed by atoms with van der Waals surface area (Å²) in [5, 5.41) is 5.76. The Kier molecular flexibility index (Phi) is 8.81. The molecule has 0 spiro atoms. The van der Waals surface area contributed by atoms with Crippen LogP contribution in [0.2, 0.25) is 0 Å². The van der Waals surface area contributed by atoms with Gasteiger partial charge in [-0.05, 0) is 37.6 Å². The van der Waals surface area contributed by atoms with Crippen molar-refractivity contribution in [3.8, 4) is 0 Å². The van der Waals surface area contributed by atoms with Crippen molar-refractivity contribution in [3.05, 3.63) is 0 Å². The van der Waals surface area contributed by atoms with Crippen LogP contribution in [0.1, 0.15) is 25.7 Å². The molecule has 18 heavy (non-hydrogen) atoms. The first-order valence-electron chi connectivity index (χ1n) is 5.68. The fourth-order valence-corrected chi connectivity index (χ4v) is 2.19. The molecule has 1 rings (SSSR count). The highest BCUT2D eigenvalue weighted by molar-refractivity contribution is 8.00. The van der Waals surface area contributed by atoms with E-state index in [4.69, 9.17) is 0 Å². The molecule has 108 valence electrons. The van der Waals surface area contributed by atoms with Gasteiger partial charge >= 0.3 is 5.51 Å². The van der Waals surface area contributed by atoms with Gasteiger partial charge in [0.05, 0.1) is 0 Å². The molecule has 0 saturated carbocycles. The van der Waals surface area contributed by atoms with E-state index in [1.165, 1.54) is 0 Å². The smallest absolute Gasteiger partial charge is 0.355 e. The Labute approximate surface area is 115 Å². The van der Waals surface area contributed by atoms with Crippen LogP contribution in [0.4, 0.5) is 13.2 Å². The molecule has 1 aliphatic heterocycles. The Balaban J connectivity index is 0.00000289. The summed E-state index contributed by atoms with van der Waals surface area (Å²) in [5.41, 5.74) is -4.21. The predicted molar refractivity (Wildman–Crippen MR) is 69.0 cm³/mol. The summed E-state index contributed by atoms with van der Waals surface area (Å²) in [6, 6.07) is 0.394. The standard InChI is InChI=1S/C10H17F3N2OS.ClH/c11-10(12,13)17-7-6-15-9(16)4-3-8-2-1-5-14-8;/h8,14H,1-7H2,(H,15,16);1H. The second kappa shape index (κ2) is 8.87. The summed E-state index contributed by atoms with van der Waals surface area (Å²) in [7, 11) is 0. The van der Waals surface area contributed by atoms with Gasteiger partial charge < -0.3 is 10.6 Å². The first-order valence-corrected chi connectivity index (χ1v) is 6.67. The fourth-order valence-electron chi connectivity index (χ4n) is 1.75. The van der Waals surface area contributed by atoms with Crippen molar-refractivity contribution in [2.24, 2.45) is 0 Å². The lowest BCUT2D eigenvalue weighted by atomic mass is 10.1. The highest BCUT2D eigenvalue weighted by atomic mass is 35.5. The first-order chi connectivity index (χ1) is 7.97. The van der Waals surface area contributed by atoms with E-state index >= 15 is 0 Å². The molecule has 1 aliphatic rings. The van der Waals surface area contributed by atoms with Crippen LogP contribution in [0.15, 0.2) is 0 Å². The van der Waals surface area contributed by atoms with Crippen LogP contribution < -0.4 is 10.6 Å². The average Bonchev–Trinajstić information content (AvgIpc) is 2.73. The van der Waals surface area contributed by atoms with Gasteiger partial charge in [-0.15, -0.1) is 12.4 Å². The van der Waals surface area contributed by atoms with Gasteiger partial charge in [0.2, 0.25) is 5.91 Å². The van der Waals surface area contributed by atoms with Crippen molar-refractivity contribution in [2.45, 2.75) is 37.2 Å². The highest BCUT2D eigenvalue weighted by Crippen LogP contribution is 2.29. The van der Waals surface area contributed by atoms with Crippen molar-refractivity contribution in [3.63, 3.8) is 0 Å². The van der Waals surface area contributed by atoms with Gasteiger partial charge in [-0.2, -0.15) is 13.2 Å². The molecule has 2 N–H and O–H groups in total. The van der Waals surface area contributed by atoms with E-state index < -0.39 is 5.51 Å². The normalized spacial score (nSPS) is 19.4. The van der Waals surface area contributed by atoms with Crippen LogP contribution in [0.5, 0.6) is 0 Å². The second-order valence-corrected chi connectivity index (χ2v) is 5.14. The van der Waals surface area contributed by atoms with E-state index in [-0.39, 0.29) is 42.4 Å². The maximum Gasteiger partial charge on any atom is 0.441 e. The minimum atomic E-state index is -4.21. The maximum absolute atomic E-state index is 11.8. The summed E-state index contributed by atoms with van der Waals surface area (Å²) in [6.45, 7) is 1.07. The molecule has 0 aromatic heterocycles. The van der Waals surface area contributed by atoms with Gasteiger partial charge in [0.15, 0.2) is 0 Å². The van der Waals surface area contributed by atoms with Crippen LogP contribution in [-0.2, 0) is 4.79 Å². The number of hydrogen-bond donors (Lipinski definition) is 2. The van der Waals surface area contributed by atoms with E-state index in [0.29, 0.717) is 12.5 Å². The topological polar surface area (TPSA) is 41.1 Å². The molecule has 3 nitrogen and oxygen atoms in total. The number of hydrogen-bond acceptors (Lipinski definition) is 3. The third kappa shape index (κ3) is 8.88. The van der Waals surface area contributed by atoms with Crippen molar-refractivity contribution >= 4 is 30.1 Å². The lowest BCUT2D eigenvalue weighted by molar-refractivity contribution is -0.121. The molecule has 1 saturated heterocycles. The maximum atomic E-state index is 11.8. The molecule has 0 bridgehead atoms. The Hall–Kier alpha value is -0.140. The minimum absolute atomic E-state index is 0. The highest BCUT2D eigenvalue weighted by Gasteiger charge is 2.27. The zero-order valence-electron chi connectivity index (χ0n) is 9.89. The first kappa shape index (κ1) is 17.9. The number of thioether (sulfide) groups is 1. The largest absolute Gasteiger partial charge is 0.441 e. The zero-order valence-corrected chi connectivity index (χ0v) is 11.5. The van der Waals surface area contributed by atoms with Crippen molar-refractivity contribution in [1.29, 1.82) is 0 Å². The van der Waals surface area contributed by atoms with Crippen LogP contribution >= 0.6 is 24.2 Å². The minimum Gasteiger partial charge on any atom is -0.355 e. The summed E-state index contributed by atoms with van der Waals surface area (Å²) in [5.74, 6) is -0.293. The molecule has 1 heterocycles. The Bertz CT molecular complexity index is 248. The monoisotopic (exact) mass is 306 g/mol. The molecule has 0 aromatic rings. The molecule has 0 radical (unpaired) electrons. The predicted octanol–water partition coefficient (Wildman–Crippen LogP) is 2.31. The van der Waals surface area contributed by atoms with E-state index in [1.807, 2.05) is 0 Å². The van der Waals surface area contributed by atoms with Crippen LogP contribution in [0.25, 0.3) is 0 Å². The van der Waals surface area contributed by atoms with Gasteiger partial charge in [-0.3, -0.25) is 4.79 Å². The lowest BCUT2D eigenvalue weighted by Gasteiger charge is -2.10. The number of rotatable bonds is 6. The van der Waals surface area contributed by atoms with Gasteiger partial charge in [0.1, 0.15) is 0 Å². The molecular weight excluding hydrogens is 289 g/mol. The van der Waals surface area contributed by atoms with Gasteiger partial charge in [-0.1, -0.05) is 0 Å². The van der Waals surface area contributed by atoms with Crippen LogP contribution in [0, 0.1) is 0 Å². The number of nitrogens with one attached hydrogen (secondary N) is 2. The number of halogens is 4. The third-order valence-electron chi connectivity index (χ3n) is 2.57. The quantitative estimate of drug-likeness (QED) is 0.740. The second-order valence-electron chi connectivity index (χ2n) is 3.98. The lowest BCUT2D eigenvalue weighted by Crippen LogP contribution is -2.29. The molecule has 0 aromatic carbocycles. The number of alkyl halides is 3. The van der Waals surface area contributed by atoms with Crippen molar-refractivity contribution < 1.29 is 18.0 Å². The van der Waals surface area contributed by atoms with E-state index in [9.17, 15) is 18.0 Å². The van der Waals surface area contributed by atoms with Crippen LogP contribution in [-0.4, -0.2) is 36.3 Å². The Morgan fingerprint density at radius 1 is 1.44 bits per heavy atom. The third-order valence-corrected chi connectivity index (χ3v) is 3.31. The van der Waals surface area contributed by atoms with Crippen molar-refractivity contribution in [2.75, 3.05) is 18.8 Å². The SMILES string of the molecule is Cl.O=C(CCC1CCCN1)NCCSC(F)(F)F. The van der Waals surface area contributed by atoms with E-state index in [2.05, 4.69) is 10.6 Å². The number of carbonyl (C=O) groups is 1. The average molecular weight is 307 g/mol. The zero-order chi connectivity index (χ0) is 12.7. The van der Waals surface area contributed by atoms with Crippen molar-refractivity contribution in [1.82, 2.24) is 10.6 Å². The summed E-state index contributed by atoms with van der Waals surface area (Å²) >= 11 is -0.108. The molecular formula is C10H18ClF3N2OS. The Morgan fingerprint density at radius 3 is 2.72 bits per heavy atom. The molecule has 1 unspecified atom stereocenters. The summed E-state index contributed by atoms with van der Waals surface area (Å²) in [4.78, 5) is 11.3. The van der Waals surface area contributed by atoms with Gasteiger partial charge in [0, 0.05) is 24.8 Å². The molecule has 1 atom stereocenters. The Morgan fingerprint density at radius 2 is 2.17 bits per heavy atom. The fraction of sp³-hybridized carbons (Fsp3) is 0.900. The van der Waals surface area contributed by atoms with E-state index in [1.54, 1.807) is 0 Å². The molecule has 1 amide bonds. The summed E-state index contributed by atoms with van der Waals surface area (Å²) in [6.07, 6.45) is 3.36. The molecule has 0 aliphatic carbocycles. The molecule has 1 fully saturated rings. The summed E-state index contributed by atoms with van der Waals surface area (Å²) < 4.78 is 35.3. The van der Waals surface area contributed by atoms with Gasteiger partial charge in [0.25, 0.3) is 0 Å². The van der Waals surface area contributed by atoms with Gasteiger partial charge in [-0.25, -0.2) is 0 Å². The van der Waals surface area contributed by atoms with E-state index in [0.717, 1.165) is 25.8 Å². The number of amides is 1. The number of carbonyl (C=O) groups excluding carboxylic acids is 1.